The number of aromatic nitrogens is 1. The van der Waals surface area contributed by atoms with E-state index < -0.39 is 0 Å². The standard InChI is InChI=1S/C38H29N3O/c39-36(28-15-5-2-6-16-28)33-19-7-9-20-34(33)40-25-26-12-11-17-29(24-26)41-35-21-10-8-18-31(35)32-23-22-30(38(42)37(32)41)27-13-3-1-4-14-27/h1-25,36,42H,39H2. The van der Waals surface area contributed by atoms with Crippen molar-refractivity contribution in [3.8, 4) is 22.6 Å². The molecule has 7 rings (SSSR count). The topological polar surface area (TPSA) is 63.5 Å². The van der Waals surface area contributed by atoms with Crippen LogP contribution < -0.4 is 5.73 Å². The van der Waals surface area contributed by atoms with Gasteiger partial charge in [0.25, 0.3) is 0 Å². The Balaban J connectivity index is 1.33. The normalized spacial score (nSPS) is 12.3. The molecule has 0 spiro atoms. The molecule has 1 heterocycles. The fraction of sp³-hybridized carbons (Fsp3) is 0.0263. The molecule has 3 N–H and O–H groups in total. The van der Waals surface area contributed by atoms with Crippen molar-refractivity contribution in [2.24, 2.45) is 10.7 Å². The minimum absolute atomic E-state index is 0.262. The van der Waals surface area contributed by atoms with Crippen LogP contribution in [0.15, 0.2) is 151 Å². The van der Waals surface area contributed by atoms with Gasteiger partial charge in [-0.3, -0.25) is 4.99 Å². The van der Waals surface area contributed by atoms with E-state index in [4.69, 9.17) is 10.7 Å². The summed E-state index contributed by atoms with van der Waals surface area (Å²) >= 11 is 0. The molecule has 0 bridgehead atoms. The number of nitrogens with two attached hydrogens (primary N) is 1. The molecule has 0 saturated heterocycles. The molecule has 42 heavy (non-hydrogen) atoms. The molecule has 1 atom stereocenters. The number of rotatable bonds is 6. The Morgan fingerprint density at radius 2 is 1.38 bits per heavy atom. The lowest BCUT2D eigenvalue weighted by atomic mass is 9.98. The summed E-state index contributed by atoms with van der Waals surface area (Å²) in [5.41, 5.74) is 15.0. The number of fused-ring (bicyclic) bond motifs is 3. The lowest BCUT2D eigenvalue weighted by Crippen LogP contribution is -2.11. The van der Waals surface area contributed by atoms with Gasteiger partial charge < -0.3 is 15.4 Å². The molecule has 6 aromatic carbocycles. The minimum atomic E-state index is -0.273. The average molecular weight is 544 g/mol. The smallest absolute Gasteiger partial charge is 0.148 e. The van der Waals surface area contributed by atoms with E-state index in [0.29, 0.717) is 0 Å². The molecule has 0 radical (unpaired) electrons. The van der Waals surface area contributed by atoms with E-state index in [1.807, 2.05) is 121 Å². The Morgan fingerprint density at radius 1 is 0.667 bits per heavy atom. The lowest BCUT2D eigenvalue weighted by Gasteiger charge is -2.15. The molecular weight excluding hydrogens is 514 g/mol. The number of phenols is 1. The highest BCUT2D eigenvalue weighted by Crippen LogP contribution is 2.42. The molecule has 202 valence electrons. The van der Waals surface area contributed by atoms with Crippen LogP contribution in [0.3, 0.4) is 0 Å². The van der Waals surface area contributed by atoms with Crippen LogP contribution in [-0.4, -0.2) is 15.9 Å². The van der Waals surface area contributed by atoms with Crippen molar-refractivity contribution in [2.75, 3.05) is 0 Å². The summed E-state index contributed by atoms with van der Waals surface area (Å²) in [6.45, 7) is 0. The summed E-state index contributed by atoms with van der Waals surface area (Å²) in [5.74, 6) is 0.262. The Bertz CT molecular complexity index is 2060. The number of phenolic OH excluding ortho intramolecular Hbond substituents is 1. The first kappa shape index (κ1) is 25.5. The predicted octanol–water partition coefficient (Wildman–Crippen LogP) is 8.95. The van der Waals surface area contributed by atoms with Crippen molar-refractivity contribution in [1.82, 2.24) is 4.57 Å². The second kappa shape index (κ2) is 10.8. The quantitative estimate of drug-likeness (QED) is 0.206. The second-order valence-corrected chi connectivity index (χ2v) is 10.4. The molecule has 0 aliphatic rings. The van der Waals surface area contributed by atoms with E-state index >= 15 is 0 Å². The molecule has 0 aliphatic carbocycles. The first-order chi connectivity index (χ1) is 20.7. The Labute approximate surface area is 244 Å². The first-order valence-corrected chi connectivity index (χ1v) is 14.0. The van der Waals surface area contributed by atoms with Crippen LogP contribution in [-0.2, 0) is 0 Å². The van der Waals surface area contributed by atoms with Gasteiger partial charge in [-0.2, -0.15) is 0 Å². The Morgan fingerprint density at radius 3 is 2.21 bits per heavy atom. The molecule has 0 aliphatic heterocycles. The summed E-state index contributed by atoms with van der Waals surface area (Å²) in [6.07, 6.45) is 1.88. The molecule has 0 fully saturated rings. The van der Waals surface area contributed by atoms with Gasteiger partial charge in [-0.25, -0.2) is 0 Å². The maximum Gasteiger partial charge on any atom is 0.148 e. The van der Waals surface area contributed by atoms with Crippen LogP contribution in [0.4, 0.5) is 5.69 Å². The van der Waals surface area contributed by atoms with Gasteiger partial charge in [-0.1, -0.05) is 115 Å². The molecule has 4 heteroatoms. The molecule has 0 saturated carbocycles. The highest BCUT2D eigenvalue weighted by molar-refractivity contribution is 6.13. The third-order valence-corrected chi connectivity index (χ3v) is 7.81. The third-order valence-electron chi connectivity index (χ3n) is 7.81. The molecule has 4 nitrogen and oxygen atoms in total. The first-order valence-electron chi connectivity index (χ1n) is 14.0. The number of aliphatic imine (C=N–C) groups is 1. The van der Waals surface area contributed by atoms with Gasteiger partial charge >= 0.3 is 0 Å². The van der Waals surface area contributed by atoms with Crippen molar-refractivity contribution >= 4 is 33.7 Å². The molecule has 7 aromatic rings. The summed E-state index contributed by atoms with van der Waals surface area (Å²) in [4.78, 5) is 4.88. The summed E-state index contributed by atoms with van der Waals surface area (Å²) < 4.78 is 2.14. The molecule has 1 aromatic heterocycles. The Kier molecular flexibility index (Phi) is 6.59. The van der Waals surface area contributed by atoms with E-state index in [9.17, 15) is 5.11 Å². The van der Waals surface area contributed by atoms with Crippen molar-refractivity contribution < 1.29 is 5.11 Å². The van der Waals surface area contributed by atoms with Gasteiger partial charge in [0.05, 0.1) is 22.8 Å². The van der Waals surface area contributed by atoms with Crippen LogP contribution in [0.1, 0.15) is 22.7 Å². The van der Waals surface area contributed by atoms with Gasteiger partial charge in [0, 0.05) is 28.2 Å². The van der Waals surface area contributed by atoms with E-state index in [-0.39, 0.29) is 11.8 Å². The number of para-hydroxylation sites is 2. The average Bonchev–Trinajstić information content (AvgIpc) is 3.40. The highest BCUT2D eigenvalue weighted by atomic mass is 16.3. The number of aromatic hydroxyl groups is 1. The van der Waals surface area contributed by atoms with Crippen molar-refractivity contribution in [3.05, 3.63) is 162 Å². The maximum atomic E-state index is 11.7. The minimum Gasteiger partial charge on any atom is -0.505 e. The van der Waals surface area contributed by atoms with E-state index in [1.54, 1.807) is 0 Å². The summed E-state index contributed by atoms with van der Waals surface area (Å²) in [5, 5.41) is 13.8. The monoisotopic (exact) mass is 543 g/mol. The van der Waals surface area contributed by atoms with Gasteiger partial charge in [0.15, 0.2) is 0 Å². The Hall–Kier alpha value is -5.45. The molecule has 1 unspecified atom stereocenters. The van der Waals surface area contributed by atoms with Gasteiger partial charge in [-0.05, 0) is 52.6 Å². The van der Waals surface area contributed by atoms with Crippen molar-refractivity contribution in [1.29, 1.82) is 0 Å². The van der Waals surface area contributed by atoms with E-state index in [1.165, 1.54) is 0 Å². The van der Waals surface area contributed by atoms with E-state index in [0.717, 1.165) is 61.0 Å². The van der Waals surface area contributed by atoms with E-state index in [2.05, 4.69) is 34.9 Å². The van der Waals surface area contributed by atoms with Crippen LogP contribution in [0.5, 0.6) is 5.75 Å². The fourth-order valence-electron chi connectivity index (χ4n) is 5.76. The van der Waals surface area contributed by atoms with Crippen molar-refractivity contribution in [3.63, 3.8) is 0 Å². The predicted molar refractivity (Wildman–Crippen MR) is 174 cm³/mol. The summed E-state index contributed by atoms with van der Waals surface area (Å²) in [7, 11) is 0. The van der Waals surface area contributed by atoms with Gasteiger partial charge in [0.1, 0.15) is 5.75 Å². The second-order valence-electron chi connectivity index (χ2n) is 10.4. The number of hydrogen-bond donors (Lipinski definition) is 2. The zero-order chi connectivity index (χ0) is 28.5. The third kappa shape index (κ3) is 4.54. The number of nitrogens with zero attached hydrogens (tertiary/aromatic N) is 2. The van der Waals surface area contributed by atoms with Crippen LogP contribution in [0.25, 0.3) is 38.6 Å². The fourth-order valence-corrected chi connectivity index (χ4v) is 5.76. The zero-order valence-corrected chi connectivity index (χ0v) is 22.9. The number of benzene rings is 6. The van der Waals surface area contributed by atoms with Crippen molar-refractivity contribution in [2.45, 2.75) is 6.04 Å². The SMILES string of the molecule is NC(c1ccccc1)c1ccccc1N=Cc1cccc(-n2c3ccccc3c3ccc(-c4ccccc4)c(O)c32)c1. The summed E-state index contributed by atoms with van der Waals surface area (Å²) in [6, 6.07) is 48.4. The molecule has 0 amide bonds. The maximum absolute atomic E-state index is 11.7. The highest BCUT2D eigenvalue weighted by Gasteiger charge is 2.18. The van der Waals surface area contributed by atoms with Crippen LogP contribution >= 0.6 is 0 Å². The largest absolute Gasteiger partial charge is 0.505 e. The van der Waals surface area contributed by atoms with Gasteiger partial charge in [-0.15, -0.1) is 0 Å². The molecular formula is C38H29N3O. The van der Waals surface area contributed by atoms with Gasteiger partial charge in [0.2, 0.25) is 0 Å². The van der Waals surface area contributed by atoms with Crippen LogP contribution in [0.2, 0.25) is 0 Å². The lowest BCUT2D eigenvalue weighted by molar-refractivity contribution is 0.482. The zero-order valence-electron chi connectivity index (χ0n) is 22.9. The van der Waals surface area contributed by atoms with Crippen LogP contribution in [0, 0.1) is 0 Å². The number of hydrogen-bond acceptors (Lipinski definition) is 3.